The van der Waals surface area contributed by atoms with Crippen LogP contribution in [0.5, 0.6) is 11.5 Å². The van der Waals surface area contributed by atoms with Crippen LogP contribution in [0.1, 0.15) is 29.3 Å². The van der Waals surface area contributed by atoms with Gasteiger partial charge in [-0.15, -0.1) is 0 Å². The highest BCUT2D eigenvalue weighted by molar-refractivity contribution is 6.31. The molecule has 0 aromatic heterocycles. The first-order valence-electron chi connectivity index (χ1n) is 8.45. The van der Waals surface area contributed by atoms with Gasteiger partial charge in [0.2, 0.25) is 5.91 Å². The molecule has 0 fully saturated rings. The number of carbonyl (C=O) groups excluding carboxylic acids is 2. The predicted molar refractivity (Wildman–Crippen MR) is 110 cm³/mol. The number of methoxy groups -OCH3 is 2. The van der Waals surface area contributed by atoms with Crippen molar-refractivity contribution in [3.63, 3.8) is 0 Å². The maximum absolute atomic E-state index is 12.2. The fraction of sp³-hybridized carbons (Fsp3) is 0.250. The maximum atomic E-state index is 12.2. The van der Waals surface area contributed by atoms with Crippen LogP contribution in [0.2, 0.25) is 5.02 Å². The van der Waals surface area contributed by atoms with E-state index in [1.165, 1.54) is 14.2 Å². The zero-order valence-electron chi connectivity index (χ0n) is 16.1. The van der Waals surface area contributed by atoms with E-state index in [0.717, 1.165) is 5.56 Å². The minimum absolute atomic E-state index is 0.0255. The Morgan fingerprint density at radius 1 is 1.07 bits per heavy atom. The van der Waals surface area contributed by atoms with Gasteiger partial charge in [-0.3, -0.25) is 9.59 Å². The molecule has 0 aliphatic rings. The lowest BCUT2D eigenvalue weighted by Gasteiger charge is -2.09. The van der Waals surface area contributed by atoms with E-state index in [0.29, 0.717) is 33.5 Å². The molecule has 2 rings (SSSR count). The first kappa shape index (κ1) is 21.2. The SMILES string of the molecule is COc1ccc(C(=O)N/N=C(/C)CC(=O)Nc2ccc(C)c(Cl)c2)cc1OC. The number of carbonyl (C=O) groups is 2. The van der Waals surface area contributed by atoms with Crippen LogP contribution in [0.15, 0.2) is 41.5 Å². The van der Waals surface area contributed by atoms with Gasteiger partial charge in [0.1, 0.15) is 0 Å². The van der Waals surface area contributed by atoms with Gasteiger partial charge in [-0.2, -0.15) is 5.10 Å². The van der Waals surface area contributed by atoms with Gasteiger partial charge in [0, 0.05) is 22.0 Å². The summed E-state index contributed by atoms with van der Waals surface area (Å²) in [5.41, 5.74) is 4.75. The number of benzene rings is 2. The summed E-state index contributed by atoms with van der Waals surface area (Å²) in [4.78, 5) is 24.3. The number of ether oxygens (including phenoxy) is 2. The van der Waals surface area contributed by atoms with E-state index in [1.807, 2.05) is 13.0 Å². The van der Waals surface area contributed by atoms with Crippen molar-refractivity contribution in [2.45, 2.75) is 20.3 Å². The summed E-state index contributed by atoms with van der Waals surface area (Å²) >= 11 is 6.05. The fourth-order valence-corrected chi connectivity index (χ4v) is 2.52. The molecule has 8 heteroatoms. The van der Waals surface area contributed by atoms with Gasteiger partial charge in [0.05, 0.1) is 20.6 Å². The van der Waals surface area contributed by atoms with Crippen molar-refractivity contribution in [2.24, 2.45) is 5.10 Å². The van der Waals surface area contributed by atoms with E-state index in [2.05, 4.69) is 15.8 Å². The van der Waals surface area contributed by atoms with Crippen molar-refractivity contribution < 1.29 is 19.1 Å². The summed E-state index contributed by atoms with van der Waals surface area (Å²) in [6.45, 7) is 3.53. The minimum Gasteiger partial charge on any atom is -0.493 e. The summed E-state index contributed by atoms with van der Waals surface area (Å²) in [7, 11) is 3.00. The number of anilines is 1. The van der Waals surface area contributed by atoms with Gasteiger partial charge in [-0.05, 0) is 49.7 Å². The molecule has 2 aromatic rings. The zero-order valence-corrected chi connectivity index (χ0v) is 16.9. The van der Waals surface area contributed by atoms with Crippen LogP contribution in [0.25, 0.3) is 0 Å². The van der Waals surface area contributed by atoms with Gasteiger partial charge in [0.15, 0.2) is 11.5 Å². The van der Waals surface area contributed by atoms with E-state index in [-0.39, 0.29) is 12.3 Å². The summed E-state index contributed by atoms with van der Waals surface area (Å²) in [6, 6.07) is 10.0. The third-order valence-electron chi connectivity index (χ3n) is 3.87. The van der Waals surface area contributed by atoms with Gasteiger partial charge < -0.3 is 14.8 Å². The van der Waals surface area contributed by atoms with E-state index < -0.39 is 5.91 Å². The number of hydrogen-bond donors (Lipinski definition) is 2. The van der Waals surface area contributed by atoms with Crippen LogP contribution < -0.4 is 20.2 Å². The lowest BCUT2D eigenvalue weighted by atomic mass is 10.2. The Morgan fingerprint density at radius 2 is 1.79 bits per heavy atom. The normalized spacial score (nSPS) is 11.0. The van der Waals surface area contributed by atoms with Crippen molar-refractivity contribution in [3.05, 3.63) is 52.5 Å². The molecule has 148 valence electrons. The smallest absolute Gasteiger partial charge is 0.271 e. The van der Waals surface area contributed by atoms with E-state index in [9.17, 15) is 9.59 Å². The van der Waals surface area contributed by atoms with Crippen LogP contribution in [-0.2, 0) is 4.79 Å². The van der Waals surface area contributed by atoms with Crippen LogP contribution in [0, 0.1) is 6.92 Å². The van der Waals surface area contributed by atoms with Gasteiger partial charge in [-0.1, -0.05) is 17.7 Å². The van der Waals surface area contributed by atoms with E-state index in [4.69, 9.17) is 21.1 Å². The van der Waals surface area contributed by atoms with Gasteiger partial charge >= 0.3 is 0 Å². The number of halogens is 1. The van der Waals surface area contributed by atoms with Crippen molar-refractivity contribution in [1.82, 2.24) is 5.43 Å². The van der Waals surface area contributed by atoms with E-state index in [1.54, 1.807) is 37.3 Å². The van der Waals surface area contributed by atoms with Crippen molar-refractivity contribution >= 4 is 34.8 Å². The molecular weight excluding hydrogens is 382 g/mol. The van der Waals surface area contributed by atoms with Crippen LogP contribution in [-0.4, -0.2) is 31.7 Å². The lowest BCUT2D eigenvalue weighted by molar-refractivity contribution is -0.115. The topological polar surface area (TPSA) is 89.0 Å². The van der Waals surface area contributed by atoms with Crippen molar-refractivity contribution in [2.75, 3.05) is 19.5 Å². The minimum atomic E-state index is -0.425. The summed E-state index contributed by atoms with van der Waals surface area (Å²) in [5, 5.41) is 7.28. The average Bonchev–Trinajstić information content (AvgIpc) is 2.68. The highest BCUT2D eigenvalue weighted by Crippen LogP contribution is 2.27. The summed E-state index contributed by atoms with van der Waals surface area (Å²) in [5.74, 6) is 0.270. The molecule has 0 aliphatic carbocycles. The Morgan fingerprint density at radius 3 is 2.43 bits per heavy atom. The molecule has 2 aromatic carbocycles. The molecule has 0 saturated carbocycles. The Kier molecular flexibility index (Phi) is 7.40. The molecule has 0 radical (unpaired) electrons. The number of hydrazone groups is 1. The Bertz CT molecular complexity index is 912. The second kappa shape index (κ2) is 9.75. The standard InChI is InChI=1S/C20H22ClN3O4/c1-12-5-7-15(11-16(12)21)22-19(25)9-13(2)23-24-20(26)14-6-8-17(27-3)18(10-14)28-4/h5-8,10-11H,9H2,1-4H3,(H,22,25)(H,24,26)/b23-13-. The molecule has 2 N–H and O–H groups in total. The number of amides is 2. The largest absolute Gasteiger partial charge is 0.493 e. The molecule has 0 atom stereocenters. The van der Waals surface area contributed by atoms with Crippen molar-refractivity contribution in [3.8, 4) is 11.5 Å². The first-order chi connectivity index (χ1) is 13.3. The van der Waals surface area contributed by atoms with Gasteiger partial charge in [-0.25, -0.2) is 5.43 Å². The number of nitrogens with zero attached hydrogens (tertiary/aromatic N) is 1. The molecule has 0 aliphatic heterocycles. The quantitative estimate of drug-likeness (QED) is 0.543. The maximum Gasteiger partial charge on any atom is 0.271 e. The molecule has 0 saturated heterocycles. The number of nitrogens with one attached hydrogen (secondary N) is 2. The lowest BCUT2D eigenvalue weighted by Crippen LogP contribution is -2.21. The van der Waals surface area contributed by atoms with Gasteiger partial charge in [0.25, 0.3) is 5.91 Å². The van der Waals surface area contributed by atoms with Crippen LogP contribution in [0.3, 0.4) is 0 Å². The fourth-order valence-electron chi connectivity index (χ4n) is 2.34. The van der Waals surface area contributed by atoms with Crippen LogP contribution >= 0.6 is 11.6 Å². The first-order valence-corrected chi connectivity index (χ1v) is 8.83. The highest BCUT2D eigenvalue weighted by Gasteiger charge is 2.11. The second-order valence-corrected chi connectivity index (χ2v) is 6.45. The number of hydrogen-bond acceptors (Lipinski definition) is 5. The third-order valence-corrected chi connectivity index (χ3v) is 4.27. The Hall–Kier alpha value is -3.06. The number of rotatable bonds is 7. The zero-order chi connectivity index (χ0) is 20.7. The molecule has 7 nitrogen and oxygen atoms in total. The summed E-state index contributed by atoms with van der Waals surface area (Å²) in [6.07, 6.45) is 0.0255. The average molecular weight is 404 g/mol. The predicted octanol–water partition coefficient (Wildman–Crippen LogP) is 3.80. The molecule has 0 heterocycles. The van der Waals surface area contributed by atoms with Crippen LogP contribution in [0.4, 0.5) is 5.69 Å². The summed E-state index contributed by atoms with van der Waals surface area (Å²) < 4.78 is 10.3. The molecule has 28 heavy (non-hydrogen) atoms. The highest BCUT2D eigenvalue weighted by atomic mass is 35.5. The molecule has 2 amide bonds. The molecule has 0 bridgehead atoms. The Labute approximate surface area is 168 Å². The monoisotopic (exact) mass is 403 g/mol. The van der Waals surface area contributed by atoms with E-state index >= 15 is 0 Å². The second-order valence-electron chi connectivity index (χ2n) is 6.05. The third kappa shape index (κ3) is 5.72. The molecular formula is C20H22ClN3O4. The molecule has 0 spiro atoms. The van der Waals surface area contributed by atoms with Crippen molar-refractivity contribution in [1.29, 1.82) is 0 Å². The number of aryl methyl sites for hydroxylation is 1. The Balaban J connectivity index is 1.95. The molecule has 0 unspecified atom stereocenters.